The van der Waals surface area contributed by atoms with Crippen molar-refractivity contribution in [3.63, 3.8) is 0 Å². The first-order chi connectivity index (χ1) is 8.99. The van der Waals surface area contributed by atoms with Crippen LogP contribution in [0.2, 0.25) is 0 Å². The van der Waals surface area contributed by atoms with Crippen molar-refractivity contribution in [2.75, 3.05) is 4.83 Å². The van der Waals surface area contributed by atoms with Crippen molar-refractivity contribution in [1.82, 2.24) is 0 Å². The van der Waals surface area contributed by atoms with E-state index in [1.165, 1.54) is 35.3 Å². The fourth-order valence-corrected chi connectivity index (χ4v) is 2.45. The Morgan fingerprint density at radius 2 is 1.79 bits per heavy atom. The lowest BCUT2D eigenvalue weighted by molar-refractivity contribution is -0.636. The molecule has 0 aliphatic heterocycles. The fourth-order valence-electron chi connectivity index (χ4n) is 1.42. The van der Waals surface area contributed by atoms with E-state index in [1.807, 2.05) is 0 Å². The van der Waals surface area contributed by atoms with E-state index in [1.54, 1.807) is 18.2 Å². The summed E-state index contributed by atoms with van der Waals surface area (Å²) in [5.74, 6) is 0. The maximum Gasteiger partial charge on any atom is 0.306 e. The highest BCUT2D eigenvalue weighted by atomic mass is 32.2. The molecule has 0 saturated heterocycles. The minimum Gasteiger partial charge on any atom is -0.258 e. The van der Waals surface area contributed by atoms with Crippen molar-refractivity contribution in [2.24, 2.45) is 0 Å². The minimum atomic E-state index is -3.86. The molecule has 8 heteroatoms. The second-order valence-corrected chi connectivity index (χ2v) is 5.29. The first kappa shape index (κ1) is 13.0. The van der Waals surface area contributed by atoms with Crippen molar-refractivity contribution in [3.8, 4) is 0 Å². The van der Waals surface area contributed by atoms with Crippen LogP contribution >= 0.6 is 0 Å². The summed E-state index contributed by atoms with van der Waals surface area (Å²) in [6, 6.07) is 9.88. The van der Waals surface area contributed by atoms with Gasteiger partial charge < -0.3 is 0 Å². The Labute approximate surface area is 109 Å². The zero-order chi connectivity index (χ0) is 13.9. The molecular formula is C11H10N3O4S+. The van der Waals surface area contributed by atoms with Crippen LogP contribution in [0.15, 0.2) is 59.8 Å². The lowest BCUT2D eigenvalue weighted by Gasteiger charge is -2.02. The fraction of sp³-hybridized carbons (Fsp3) is 0. The van der Waals surface area contributed by atoms with Gasteiger partial charge in [-0.05, 0) is 6.07 Å². The zero-order valence-corrected chi connectivity index (χ0v) is 10.4. The SMILES string of the molecule is O=[N+]([O-])c1cccc(S(=O)(=O)N[n+]2ccccc2)c1. The van der Waals surface area contributed by atoms with Gasteiger partial charge in [0.1, 0.15) is 0 Å². The average Bonchev–Trinajstić information content (AvgIpc) is 2.39. The van der Waals surface area contributed by atoms with Gasteiger partial charge in [-0.3, -0.25) is 10.1 Å². The molecule has 0 aliphatic carbocycles. The van der Waals surface area contributed by atoms with Crippen molar-refractivity contribution in [1.29, 1.82) is 0 Å². The van der Waals surface area contributed by atoms with Crippen LogP contribution in [0.3, 0.4) is 0 Å². The summed E-state index contributed by atoms with van der Waals surface area (Å²) in [4.78, 5) is 12.1. The van der Waals surface area contributed by atoms with Crippen LogP contribution < -0.4 is 9.51 Å². The van der Waals surface area contributed by atoms with Crippen LogP contribution in [0.25, 0.3) is 0 Å². The number of hydrogen-bond donors (Lipinski definition) is 1. The van der Waals surface area contributed by atoms with Crippen molar-refractivity contribution < 1.29 is 18.0 Å². The Morgan fingerprint density at radius 1 is 1.11 bits per heavy atom. The van der Waals surface area contributed by atoms with Gasteiger partial charge >= 0.3 is 10.0 Å². The first-order valence-electron chi connectivity index (χ1n) is 5.23. The highest BCUT2D eigenvalue weighted by Crippen LogP contribution is 2.16. The van der Waals surface area contributed by atoms with Gasteiger partial charge in [0.25, 0.3) is 5.69 Å². The molecule has 1 N–H and O–H groups in total. The number of sulfonamides is 1. The smallest absolute Gasteiger partial charge is 0.258 e. The normalized spacial score (nSPS) is 10.9. The van der Waals surface area contributed by atoms with Gasteiger partial charge in [-0.25, -0.2) is 0 Å². The highest BCUT2D eigenvalue weighted by Gasteiger charge is 2.20. The third-order valence-corrected chi connectivity index (χ3v) is 3.61. The largest absolute Gasteiger partial charge is 0.306 e. The quantitative estimate of drug-likeness (QED) is 0.509. The molecule has 1 aromatic carbocycles. The number of pyridine rings is 1. The average molecular weight is 280 g/mol. The number of nitrogens with zero attached hydrogens (tertiary/aromatic N) is 2. The van der Waals surface area contributed by atoms with Gasteiger partial charge in [-0.2, -0.15) is 8.42 Å². The maximum atomic E-state index is 12.0. The lowest BCUT2D eigenvalue weighted by atomic mass is 10.3. The number of nitrogens with one attached hydrogen (secondary N) is 1. The summed E-state index contributed by atoms with van der Waals surface area (Å²) in [5, 5.41) is 10.6. The van der Waals surface area contributed by atoms with E-state index < -0.39 is 14.9 Å². The van der Waals surface area contributed by atoms with Crippen LogP contribution in [-0.2, 0) is 10.0 Å². The Kier molecular flexibility index (Phi) is 3.43. The molecule has 0 unspecified atom stereocenters. The molecule has 0 bridgehead atoms. The van der Waals surface area contributed by atoms with E-state index in [4.69, 9.17) is 0 Å². The van der Waals surface area contributed by atoms with Gasteiger partial charge in [0.2, 0.25) is 12.4 Å². The molecule has 2 aromatic rings. The second kappa shape index (κ2) is 5.02. The van der Waals surface area contributed by atoms with Crippen molar-refractivity contribution in [2.45, 2.75) is 4.90 Å². The molecule has 7 nitrogen and oxygen atoms in total. The number of nitro benzene ring substituents is 1. The summed E-state index contributed by atoms with van der Waals surface area (Å²) in [6.07, 6.45) is 3.02. The maximum absolute atomic E-state index is 12.0. The van der Waals surface area contributed by atoms with Gasteiger partial charge in [0, 0.05) is 24.3 Å². The number of aromatic nitrogens is 1. The molecular weight excluding hydrogens is 270 g/mol. The topological polar surface area (TPSA) is 93.2 Å². The molecule has 0 spiro atoms. The van der Waals surface area contributed by atoms with Crippen molar-refractivity contribution >= 4 is 15.7 Å². The van der Waals surface area contributed by atoms with E-state index in [0.29, 0.717) is 0 Å². The molecule has 2 rings (SSSR count). The van der Waals surface area contributed by atoms with Gasteiger partial charge in [0.05, 0.1) is 9.82 Å². The monoisotopic (exact) mass is 280 g/mol. The molecule has 98 valence electrons. The third-order valence-electron chi connectivity index (χ3n) is 2.28. The second-order valence-electron chi connectivity index (χ2n) is 3.63. The molecule has 0 aliphatic rings. The summed E-state index contributed by atoms with van der Waals surface area (Å²) in [7, 11) is -3.86. The molecule has 0 saturated carbocycles. The zero-order valence-electron chi connectivity index (χ0n) is 9.63. The van der Waals surface area contributed by atoms with E-state index in [0.717, 1.165) is 6.07 Å². The first-order valence-corrected chi connectivity index (χ1v) is 6.71. The molecule has 0 radical (unpaired) electrons. The standard InChI is InChI=1S/C11H10N3O4S/c15-14(16)10-5-4-6-11(9-10)19(17,18)12-13-7-2-1-3-8-13/h1-9,12H/q+1. The Balaban J connectivity index is 2.35. The number of rotatable bonds is 4. The predicted molar refractivity (Wildman–Crippen MR) is 66.3 cm³/mol. The summed E-state index contributed by atoms with van der Waals surface area (Å²) < 4.78 is 25.3. The van der Waals surface area contributed by atoms with E-state index in [9.17, 15) is 18.5 Å². The molecule has 0 fully saturated rings. The van der Waals surface area contributed by atoms with E-state index in [-0.39, 0.29) is 10.6 Å². The molecule has 1 heterocycles. The van der Waals surface area contributed by atoms with E-state index >= 15 is 0 Å². The Hall–Kier alpha value is -2.48. The van der Waals surface area contributed by atoms with Crippen LogP contribution in [0.4, 0.5) is 5.69 Å². The number of benzene rings is 1. The predicted octanol–water partition coefficient (Wildman–Crippen LogP) is 0.815. The van der Waals surface area contributed by atoms with Gasteiger partial charge in [-0.15, -0.1) is 0 Å². The van der Waals surface area contributed by atoms with Gasteiger partial charge in [0.15, 0.2) is 0 Å². The van der Waals surface area contributed by atoms with E-state index in [2.05, 4.69) is 4.83 Å². The van der Waals surface area contributed by atoms with Crippen LogP contribution in [-0.4, -0.2) is 13.3 Å². The highest BCUT2D eigenvalue weighted by molar-refractivity contribution is 7.92. The van der Waals surface area contributed by atoms with Crippen LogP contribution in [0.1, 0.15) is 0 Å². The van der Waals surface area contributed by atoms with Crippen LogP contribution in [0.5, 0.6) is 0 Å². The van der Waals surface area contributed by atoms with Gasteiger partial charge in [-0.1, -0.05) is 21.6 Å². The number of non-ortho nitro benzene ring substituents is 1. The summed E-state index contributed by atoms with van der Waals surface area (Å²) in [5.41, 5.74) is -0.277. The Bertz CT molecular complexity index is 701. The Morgan fingerprint density at radius 3 is 2.42 bits per heavy atom. The number of nitro groups is 1. The number of hydrogen-bond acceptors (Lipinski definition) is 4. The van der Waals surface area contributed by atoms with Crippen molar-refractivity contribution in [3.05, 3.63) is 65.0 Å². The lowest BCUT2D eigenvalue weighted by Crippen LogP contribution is -2.47. The van der Waals surface area contributed by atoms with Crippen LogP contribution in [0, 0.1) is 10.1 Å². The minimum absolute atomic E-state index is 0.168. The third kappa shape index (κ3) is 3.05. The summed E-state index contributed by atoms with van der Waals surface area (Å²) in [6.45, 7) is 0. The molecule has 0 amide bonds. The molecule has 1 aromatic heterocycles. The summed E-state index contributed by atoms with van der Waals surface area (Å²) >= 11 is 0. The molecule has 0 atom stereocenters. The molecule has 19 heavy (non-hydrogen) atoms.